The van der Waals surface area contributed by atoms with Crippen LogP contribution in [0.15, 0.2) is 12.1 Å². The first-order valence-electron chi connectivity index (χ1n) is 7.56. The molecule has 0 aliphatic carbocycles. The van der Waals surface area contributed by atoms with Crippen LogP contribution >= 0.6 is 11.3 Å². The molecular formula is C17H21NO4S. The number of thiophene rings is 1. The van der Waals surface area contributed by atoms with Crippen LogP contribution in [0.3, 0.4) is 0 Å². The number of Topliss-reactive ketones (excluding diaryl/α,β-unsaturated/α-hetero) is 2. The lowest BCUT2D eigenvalue weighted by molar-refractivity contribution is -0.120. The van der Waals surface area contributed by atoms with E-state index in [9.17, 15) is 9.59 Å². The van der Waals surface area contributed by atoms with E-state index in [0.29, 0.717) is 22.0 Å². The van der Waals surface area contributed by atoms with Crippen molar-refractivity contribution in [1.82, 2.24) is 4.98 Å². The third kappa shape index (κ3) is 3.88. The highest BCUT2D eigenvalue weighted by Crippen LogP contribution is 2.34. The zero-order valence-corrected chi connectivity index (χ0v) is 14.7. The Balaban J connectivity index is 2.29. The van der Waals surface area contributed by atoms with Gasteiger partial charge >= 0.3 is 0 Å². The van der Waals surface area contributed by atoms with Crippen molar-refractivity contribution in [1.29, 1.82) is 0 Å². The molecule has 0 saturated carbocycles. The highest BCUT2D eigenvalue weighted by molar-refractivity contribution is 7.20. The van der Waals surface area contributed by atoms with Gasteiger partial charge in [0.2, 0.25) is 0 Å². The first-order chi connectivity index (χ1) is 11.0. The Hall–Kier alpha value is -1.95. The van der Waals surface area contributed by atoms with Crippen LogP contribution in [0.25, 0.3) is 10.2 Å². The Morgan fingerprint density at radius 3 is 2.57 bits per heavy atom. The SMILES string of the molecule is CCC[C@H](CC(=O)c1cc2nc(OC)c(OC)cc2s1)C(C)=O. The molecule has 2 aromatic rings. The van der Waals surface area contributed by atoms with E-state index in [-0.39, 0.29) is 23.9 Å². The number of fused-ring (bicyclic) bond motifs is 1. The summed E-state index contributed by atoms with van der Waals surface area (Å²) in [5, 5.41) is 0. The standard InChI is InChI=1S/C17H21NO4S/c1-5-6-11(10(2)19)7-13(20)16-8-12-15(23-16)9-14(21-3)17(18-12)22-4/h8-9,11H,5-7H2,1-4H3/t11-/m1/s1. The van der Waals surface area contributed by atoms with Crippen molar-refractivity contribution in [3.8, 4) is 11.6 Å². The van der Waals surface area contributed by atoms with Crippen LogP contribution in [-0.4, -0.2) is 30.8 Å². The van der Waals surface area contributed by atoms with E-state index >= 15 is 0 Å². The first kappa shape index (κ1) is 17.4. The molecule has 0 N–H and O–H groups in total. The van der Waals surface area contributed by atoms with Crippen molar-refractivity contribution in [2.45, 2.75) is 33.1 Å². The molecule has 6 heteroatoms. The maximum Gasteiger partial charge on any atom is 0.257 e. The van der Waals surface area contributed by atoms with Gasteiger partial charge in [0.25, 0.3) is 5.88 Å². The van der Waals surface area contributed by atoms with Gasteiger partial charge in [-0.25, -0.2) is 4.98 Å². The molecule has 0 saturated heterocycles. The molecule has 0 aliphatic rings. The van der Waals surface area contributed by atoms with Gasteiger partial charge in [0, 0.05) is 18.4 Å². The summed E-state index contributed by atoms with van der Waals surface area (Å²) in [6.45, 7) is 3.57. The molecule has 0 bridgehead atoms. The summed E-state index contributed by atoms with van der Waals surface area (Å²) in [6.07, 6.45) is 1.88. The topological polar surface area (TPSA) is 65.5 Å². The maximum atomic E-state index is 12.5. The zero-order valence-electron chi connectivity index (χ0n) is 13.8. The third-order valence-electron chi connectivity index (χ3n) is 3.77. The predicted octanol–water partition coefficient (Wildman–Crippen LogP) is 3.89. The van der Waals surface area contributed by atoms with Gasteiger partial charge in [-0.15, -0.1) is 11.3 Å². The summed E-state index contributed by atoms with van der Waals surface area (Å²) in [5.74, 6) is 0.787. The lowest BCUT2D eigenvalue weighted by atomic mass is 9.93. The molecule has 124 valence electrons. The molecular weight excluding hydrogens is 314 g/mol. The number of aromatic nitrogens is 1. The van der Waals surface area contributed by atoms with E-state index in [1.54, 1.807) is 20.1 Å². The molecule has 0 fully saturated rings. The van der Waals surface area contributed by atoms with Gasteiger partial charge in [0.15, 0.2) is 11.5 Å². The summed E-state index contributed by atoms with van der Waals surface area (Å²) >= 11 is 1.37. The van der Waals surface area contributed by atoms with Crippen molar-refractivity contribution in [3.63, 3.8) is 0 Å². The van der Waals surface area contributed by atoms with Crippen molar-refractivity contribution < 1.29 is 19.1 Å². The highest BCUT2D eigenvalue weighted by atomic mass is 32.1. The summed E-state index contributed by atoms with van der Waals surface area (Å²) in [6, 6.07) is 3.57. The van der Waals surface area contributed by atoms with Crippen LogP contribution in [-0.2, 0) is 4.79 Å². The minimum Gasteiger partial charge on any atom is -0.491 e. The largest absolute Gasteiger partial charge is 0.491 e. The second-order valence-electron chi connectivity index (χ2n) is 5.42. The van der Waals surface area contributed by atoms with Crippen LogP contribution in [0, 0.1) is 5.92 Å². The number of ether oxygens (including phenoxy) is 2. The Morgan fingerprint density at radius 1 is 1.26 bits per heavy atom. The number of methoxy groups -OCH3 is 2. The quantitative estimate of drug-likeness (QED) is 0.685. The van der Waals surface area contributed by atoms with E-state index in [2.05, 4.69) is 4.98 Å². The molecule has 2 rings (SSSR count). The third-order valence-corrected chi connectivity index (χ3v) is 4.88. The number of pyridine rings is 1. The fraction of sp³-hybridized carbons (Fsp3) is 0.471. The number of ketones is 2. The molecule has 2 aromatic heterocycles. The van der Waals surface area contributed by atoms with E-state index in [0.717, 1.165) is 17.5 Å². The van der Waals surface area contributed by atoms with Gasteiger partial charge in [-0.3, -0.25) is 9.59 Å². The summed E-state index contributed by atoms with van der Waals surface area (Å²) < 4.78 is 11.3. The highest BCUT2D eigenvalue weighted by Gasteiger charge is 2.21. The van der Waals surface area contributed by atoms with Crippen LogP contribution in [0.4, 0.5) is 0 Å². The Morgan fingerprint density at radius 2 is 2.00 bits per heavy atom. The van der Waals surface area contributed by atoms with Crippen LogP contribution in [0.5, 0.6) is 11.6 Å². The molecule has 23 heavy (non-hydrogen) atoms. The maximum absolute atomic E-state index is 12.5. The molecule has 0 spiro atoms. The molecule has 0 aliphatic heterocycles. The normalized spacial score (nSPS) is 12.2. The molecule has 0 aromatic carbocycles. The second-order valence-corrected chi connectivity index (χ2v) is 6.50. The second kappa shape index (κ2) is 7.55. The fourth-order valence-electron chi connectivity index (χ4n) is 2.48. The van der Waals surface area contributed by atoms with Crippen molar-refractivity contribution >= 4 is 33.1 Å². The van der Waals surface area contributed by atoms with E-state index in [1.807, 2.05) is 13.0 Å². The van der Waals surface area contributed by atoms with E-state index in [4.69, 9.17) is 9.47 Å². The zero-order chi connectivity index (χ0) is 17.0. The van der Waals surface area contributed by atoms with Crippen LogP contribution in [0.2, 0.25) is 0 Å². The van der Waals surface area contributed by atoms with E-state index < -0.39 is 0 Å². The molecule has 0 amide bonds. The van der Waals surface area contributed by atoms with E-state index in [1.165, 1.54) is 18.4 Å². The van der Waals surface area contributed by atoms with Gasteiger partial charge in [-0.2, -0.15) is 0 Å². The van der Waals surface area contributed by atoms with Gasteiger partial charge in [-0.1, -0.05) is 13.3 Å². The van der Waals surface area contributed by atoms with Gasteiger partial charge < -0.3 is 9.47 Å². The number of rotatable bonds is 8. The molecule has 5 nitrogen and oxygen atoms in total. The Kier molecular flexibility index (Phi) is 5.71. The summed E-state index contributed by atoms with van der Waals surface area (Å²) in [5.41, 5.74) is 0.700. The number of hydrogen-bond acceptors (Lipinski definition) is 6. The fourth-order valence-corrected chi connectivity index (χ4v) is 3.46. The molecule has 1 atom stereocenters. The number of hydrogen-bond donors (Lipinski definition) is 0. The smallest absolute Gasteiger partial charge is 0.257 e. The van der Waals surface area contributed by atoms with Crippen molar-refractivity contribution in [2.75, 3.05) is 14.2 Å². The molecule has 0 radical (unpaired) electrons. The monoisotopic (exact) mass is 335 g/mol. The summed E-state index contributed by atoms with van der Waals surface area (Å²) in [4.78, 5) is 29.1. The molecule has 2 heterocycles. The number of carbonyl (C=O) groups is 2. The number of nitrogens with zero attached hydrogens (tertiary/aromatic N) is 1. The van der Waals surface area contributed by atoms with Crippen LogP contribution in [0.1, 0.15) is 42.8 Å². The first-order valence-corrected chi connectivity index (χ1v) is 8.38. The predicted molar refractivity (Wildman–Crippen MR) is 90.8 cm³/mol. The lowest BCUT2D eigenvalue weighted by Crippen LogP contribution is -2.15. The summed E-state index contributed by atoms with van der Waals surface area (Å²) in [7, 11) is 3.07. The Bertz CT molecular complexity index is 682. The van der Waals surface area contributed by atoms with Gasteiger partial charge in [0.1, 0.15) is 5.78 Å². The van der Waals surface area contributed by atoms with Crippen molar-refractivity contribution in [2.24, 2.45) is 5.92 Å². The average Bonchev–Trinajstić information content (AvgIpc) is 2.95. The van der Waals surface area contributed by atoms with Crippen LogP contribution < -0.4 is 9.47 Å². The van der Waals surface area contributed by atoms with Crippen molar-refractivity contribution in [3.05, 3.63) is 17.0 Å². The minimum atomic E-state index is -0.199. The minimum absolute atomic E-state index is 0.0143. The lowest BCUT2D eigenvalue weighted by Gasteiger charge is -2.10. The number of carbonyl (C=O) groups excluding carboxylic acids is 2. The Labute approximate surface area is 139 Å². The van der Waals surface area contributed by atoms with Gasteiger partial charge in [-0.05, 0) is 19.4 Å². The molecule has 0 unspecified atom stereocenters. The average molecular weight is 335 g/mol. The van der Waals surface area contributed by atoms with Gasteiger partial charge in [0.05, 0.1) is 29.3 Å².